The molecule has 0 fully saturated rings. The van der Waals surface area contributed by atoms with Gasteiger partial charge in [-0.15, -0.1) is 0 Å². The second-order valence-corrected chi connectivity index (χ2v) is 6.09. The van der Waals surface area contributed by atoms with Crippen LogP contribution in [-0.4, -0.2) is 18.2 Å². The van der Waals surface area contributed by atoms with Crippen molar-refractivity contribution in [3.63, 3.8) is 0 Å². The van der Waals surface area contributed by atoms with Gasteiger partial charge in [-0.3, -0.25) is 0 Å². The van der Waals surface area contributed by atoms with Crippen LogP contribution in [-0.2, 0) is 6.42 Å². The fraction of sp³-hybridized carbons (Fsp3) is 0.200. The largest absolute Gasteiger partial charge is 0.461 e. The van der Waals surface area contributed by atoms with E-state index in [2.05, 4.69) is 5.32 Å². The summed E-state index contributed by atoms with van der Waals surface area (Å²) >= 11 is 5.90. The highest BCUT2D eigenvalue weighted by molar-refractivity contribution is 6.30. The van der Waals surface area contributed by atoms with Crippen LogP contribution < -0.4 is 5.32 Å². The highest BCUT2D eigenvalue weighted by Crippen LogP contribution is 2.23. The van der Waals surface area contributed by atoms with Gasteiger partial charge in [-0.05, 0) is 42.0 Å². The minimum atomic E-state index is -0.493. The predicted octanol–water partition coefficient (Wildman–Crippen LogP) is 4.47. The number of hydrogen-bond donors (Lipinski definition) is 2. The number of nitrogens with one attached hydrogen (secondary N) is 1. The molecule has 1 atom stereocenters. The Kier molecular flexibility index (Phi) is 5.70. The van der Waals surface area contributed by atoms with E-state index < -0.39 is 6.10 Å². The van der Waals surface area contributed by atoms with Gasteiger partial charge in [-0.25, -0.2) is 0 Å². The lowest BCUT2D eigenvalue weighted by molar-refractivity contribution is 0.175. The van der Waals surface area contributed by atoms with Gasteiger partial charge in [0.25, 0.3) is 0 Å². The standard InChI is InChI=1S/C20H20ClNO2/c21-17-8-6-16(7-9-17)20-11-10-18(24-20)12-13-22-14-19(23)15-4-2-1-3-5-15/h1-11,19,22-23H,12-14H2. The van der Waals surface area contributed by atoms with Crippen LogP contribution in [0.25, 0.3) is 11.3 Å². The number of aliphatic hydroxyl groups is 1. The van der Waals surface area contributed by atoms with E-state index in [1.807, 2.05) is 66.7 Å². The van der Waals surface area contributed by atoms with Crippen molar-refractivity contribution in [2.45, 2.75) is 12.5 Å². The monoisotopic (exact) mass is 341 g/mol. The molecule has 0 spiro atoms. The van der Waals surface area contributed by atoms with Gasteiger partial charge in [0.05, 0.1) is 6.10 Å². The second-order valence-electron chi connectivity index (χ2n) is 5.65. The molecule has 0 aliphatic rings. The van der Waals surface area contributed by atoms with E-state index in [-0.39, 0.29) is 0 Å². The Labute approximate surface area is 146 Å². The summed E-state index contributed by atoms with van der Waals surface area (Å²) in [6.45, 7) is 1.27. The average molecular weight is 342 g/mol. The van der Waals surface area contributed by atoms with Gasteiger partial charge < -0.3 is 14.8 Å². The Morgan fingerprint density at radius 2 is 1.71 bits per heavy atom. The first-order chi connectivity index (χ1) is 11.7. The zero-order chi connectivity index (χ0) is 16.8. The maximum absolute atomic E-state index is 10.1. The normalized spacial score (nSPS) is 12.2. The minimum absolute atomic E-state index is 0.493. The Bertz CT molecular complexity index is 753. The van der Waals surface area contributed by atoms with Crippen LogP contribution in [0.3, 0.4) is 0 Å². The van der Waals surface area contributed by atoms with Crippen LogP contribution in [0.1, 0.15) is 17.4 Å². The number of rotatable bonds is 7. The summed E-state index contributed by atoms with van der Waals surface area (Å²) in [5, 5.41) is 14.1. The van der Waals surface area contributed by atoms with Gasteiger partial charge >= 0.3 is 0 Å². The molecule has 2 N–H and O–H groups in total. The number of benzene rings is 2. The molecule has 0 amide bonds. The predicted molar refractivity (Wildman–Crippen MR) is 97.1 cm³/mol. The molecule has 24 heavy (non-hydrogen) atoms. The van der Waals surface area contributed by atoms with E-state index in [4.69, 9.17) is 16.0 Å². The molecule has 0 aliphatic heterocycles. The first kappa shape index (κ1) is 16.8. The summed E-state index contributed by atoms with van der Waals surface area (Å²) in [5.41, 5.74) is 1.94. The fourth-order valence-electron chi connectivity index (χ4n) is 2.52. The van der Waals surface area contributed by atoms with E-state index in [9.17, 15) is 5.11 Å². The number of halogens is 1. The molecule has 0 saturated heterocycles. The lowest BCUT2D eigenvalue weighted by atomic mass is 10.1. The van der Waals surface area contributed by atoms with E-state index >= 15 is 0 Å². The molecule has 1 unspecified atom stereocenters. The third-order valence-electron chi connectivity index (χ3n) is 3.86. The number of hydrogen-bond acceptors (Lipinski definition) is 3. The third-order valence-corrected chi connectivity index (χ3v) is 4.11. The molecule has 3 nitrogen and oxygen atoms in total. The zero-order valence-corrected chi connectivity index (χ0v) is 14.0. The second kappa shape index (κ2) is 8.15. The van der Waals surface area contributed by atoms with E-state index in [1.165, 1.54) is 0 Å². The lowest BCUT2D eigenvalue weighted by Crippen LogP contribution is -2.23. The van der Waals surface area contributed by atoms with Crippen molar-refractivity contribution in [3.05, 3.63) is 83.1 Å². The summed E-state index contributed by atoms with van der Waals surface area (Å²) in [5.74, 6) is 1.76. The summed E-state index contributed by atoms with van der Waals surface area (Å²) in [6.07, 6.45) is 0.280. The maximum Gasteiger partial charge on any atom is 0.134 e. The molecule has 124 valence electrons. The number of furan rings is 1. The molecule has 1 aromatic heterocycles. The summed E-state index contributed by atoms with van der Waals surface area (Å²) in [7, 11) is 0. The molecular formula is C20H20ClNO2. The minimum Gasteiger partial charge on any atom is -0.461 e. The third kappa shape index (κ3) is 4.48. The Morgan fingerprint density at radius 1 is 0.958 bits per heavy atom. The van der Waals surface area contributed by atoms with E-state index in [0.29, 0.717) is 11.6 Å². The van der Waals surface area contributed by atoms with Crippen molar-refractivity contribution >= 4 is 11.6 Å². The van der Waals surface area contributed by atoms with Crippen molar-refractivity contribution in [1.82, 2.24) is 5.32 Å². The number of aliphatic hydroxyl groups excluding tert-OH is 1. The highest BCUT2D eigenvalue weighted by atomic mass is 35.5. The lowest BCUT2D eigenvalue weighted by Gasteiger charge is -2.11. The molecule has 3 aromatic rings. The molecule has 3 rings (SSSR count). The SMILES string of the molecule is OC(CNCCc1ccc(-c2ccc(Cl)cc2)o1)c1ccccc1. The maximum atomic E-state index is 10.1. The Morgan fingerprint density at radius 3 is 2.46 bits per heavy atom. The van der Waals surface area contributed by atoms with Gasteiger partial charge in [0, 0.05) is 30.1 Å². The van der Waals surface area contributed by atoms with Crippen molar-refractivity contribution in [3.8, 4) is 11.3 Å². The molecular weight excluding hydrogens is 322 g/mol. The van der Waals surface area contributed by atoms with Crippen molar-refractivity contribution < 1.29 is 9.52 Å². The first-order valence-corrected chi connectivity index (χ1v) is 8.38. The van der Waals surface area contributed by atoms with Gasteiger partial charge in [0.1, 0.15) is 11.5 Å². The Hall–Kier alpha value is -2.07. The molecule has 4 heteroatoms. The first-order valence-electron chi connectivity index (χ1n) is 8.01. The van der Waals surface area contributed by atoms with Crippen LogP contribution in [0.15, 0.2) is 71.1 Å². The topological polar surface area (TPSA) is 45.4 Å². The molecule has 0 saturated carbocycles. The van der Waals surface area contributed by atoms with Crippen LogP contribution in [0.4, 0.5) is 0 Å². The molecule has 2 aromatic carbocycles. The molecule has 0 bridgehead atoms. The van der Waals surface area contributed by atoms with Crippen LogP contribution in [0.2, 0.25) is 5.02 Å². The smallest absolute Gasteiger partial charge is 0.134 e. The molecule has 0 radical (unpaired) electrons. The molecule has 1 heterocycles. The summed E-state index contributed by atoms with van der Waals surface area (Å²) in [6, 6.07) is 21.2. The van der Waals surface area contributed by atoms with Crippen LogP contribution >= 0.6 is 11.6 Å². The van der Waals surface area contributed by atoms with Gasteiger partial charge in [-0.1, -0.05) is 41.9 Å². The van der Waals surface area contributed by atoms with Crippen molar-refractivity contribution in [1.29, 1.82) is 0 Å². The summed E-state index contributed by atoms with van der Waals surface area (Å²) < 4.78 is 5.86. The molecule has 0 aliphatic carbocycles. The van der Waals surface area contributed by atoms with Crippen LogP contribution in [0, 0.1) is 0 Å². The fourth-order valence-corrected chi connectivity index (χ4v) is 2.65. The van der Waals surface area contributed by atoms with E-state index in [1.54, 1.807) is 0 Å². The quantitative estimate of drug-likeness (QED) is 0.623. The average Bonchev–Trinajstić information content (AvgIpc) is 3.09. The van der Waals surface area contributed by atoms with Crippen LogP contribution in [0.5, 0.6) is 0 Å². The van der Waals surface area contributed by atoms with Gasteiger partial charge in [0.2, 0.25) is 0 Å². The summed E-state index contributed by atoms with van der Waals surface area (Å²) in [4.78, 5) is 0. The van der Waals surface area contributed by atoms with Gasteiger partial charge in [-0.2, -0.15) is 0 Å². The van der Waals surface area contributed by atoms with Gasteiger partial charge in [0.15, 0.2) is 0 Å². The Balaban J connectivity index is 1.47. The van der Waals surface area contributed by atoms with Crippen molar-refractivity contribution in [2.24, 2.45) is 0 Å². The highest BCUT2D eigenvalue weighted by Gasteiger charge is 2.07. The zero-order valence-electron chi connectivity index (χ0n) is 13.3. The van der Waals surface area contributed by atoms with Crippen molar-refractivity contribution in [2.75, 3.05) is 13.1 Å². The van der Waals surface area contributed by atoms with E-state index in [0.717, 1.165) is 35.6 Å².